The first-order valence-electron chi connectivity index (χ1n) is 4.54. The molecule has 0 radical (unpaired) electrons. The smallest absolute Gasteiger partial charge is 0.265 e. The number of hydrogen-bond donors (Lipinski definition) is 0. The van der Waals surface area contributed by atoms with Crippen LogP contribution in [0.3, 0.4) is 0 Å². The van der Waals surface area contributed by atoms with E-state index in [-0.39, 0.29) is 0 Å². The van der Waals surface area contributed by atoms with Gasteiger partial charge in [-0.15, -0.1) is 0 Å². The molecule has 0 aromatic rings. The molecule has 0 aromatic carbocycles. The van der Waals surface area contributed by atoms with Crippen LogP contribution in [-0.4, -0.2) is 14.9 Å². The van der Waals surface area contributed by atoms with Crippen molar-refractivity contribution in [1.82, 2.24) is 0 Å². The van der Waals surface area contributed by atoms with Crippen LogP contribution in [0.4, 0.5) is 0 Å². The highest BCUT2D eigenvalue weighted by atomic mass is 28.4. The molecule has 0 aliphatic heterocycles. The fourth-order valence-electron chi connectivity index (χ4n) is 0.746. The van der Waals surface area contributed by atoms with Gasteiger partial charge in [0.25, 0.3) is 5.95 Å². The topological polar surface area (TPSA) is 18.5 Å². The number of hydrogen-bond acceptors (Lipinski definition) is 2. The quantitative estimate of drug-likeness (QED) is 0.385. The van der Waals surface area contributed by atoms with E-state index in [0.29, 0.717) is 12.6 Å². The Bertz CT molecular complexity index is 201. The fourth-order valence-corrected chi connectivity index (χ4v) is 1.47. The minimum atomic E-state index is -1.56. The second-order valence-electron chi connectivity index (χ2n) is 3.96. The van der Waals surface area contributed by atoms with Crippen LogP contribution in [0, 0.1) is 0 Å². The second-order valence-corrected chi connectivity index (χ2v) is 8.39. The molecule has 0 spiro atoms. The van der Waals surface area contributed by atoms with Crippen molar-refractivity contribution in [2.24, 2.45) is 0 Å². The lowest BCUT2D eigenvalue weighted by Gasteiger charge is -2.21. The Labute approximate surface area is 82.4 Å². The van der Waals surface area contributed by atoms with Crippen molar-refractivity contribution in [2.75, 3.05) is 6.61 Å². The van der Waals surface area contributed by atoms with Crippen molar-refractivity contribution >= 4 is 8.32 Å². The molecule has 0 atom stereocenters. The third-order valence-electron chi connectivity index (χ3n) is 1.06. The molecule has 0 bridgehead atoms. The summed E-state index contributed by atoms with van der Waals surface area (Å²) in [6.07, 6.45) is 1.84. The van der Waals surface area contributed by atoms with Gasteiger partial charge in [0.2, 0.25) is 8.32 Å². The first-order valence-corrected chi connectivity index (χ1v) is 7.95. The predicted molar refractivity (Wildman–Crippen MR) is 59.0 cm³/mol. The standard InChI is InChI=1S/C10H20O2Si/c1-7-11-10(8-9(2)3)12-13(4,5)6/h8H,2,7H2,1,3-6H3/b10-8-. The summed E-state index contributed by atoms with van der Waals surface area (Å²) in [7, 11) is -1.56. The van der Waals surface area contributed by atoms with E-state index in [1.165, 1.54) is 0 Å². The summed E-state index contributed by atoms with van der Waals surface area (Å²) in [5.41, 5.74) is 0.946. The number of ether oxygens (including phenoxy) is 1. The zero-order chi connectivity index (χ0) is 10.5. The molecule has 0 fully saturated rings. The van der Waals surface area contributed by atoms with E-state index in [2.05, 4.69) is 26.2 Å². The highest BCUT2D eigenvalue weighted by Crippen LogP contribution is 2.12. The number of allylic oxidation sites excluding steroid dienone is 2. The van der Waals surface area contributed by atoms with Crippen molar-refractivity contribution in [3.63, 3.8) is 0 Å². The molecule has 0 unspecified atom stereocenters. The van der Waals surface area contributed by atoms with Crippen molar-refractivity contribution in [3.05, 3.63) is 24.2 Å². The lowest BCUT2D eigenvalue weighted by molar-refractivity contribution is 0.112. The zero-order valence-electron chi connectivity index (χ0n) is 9.31. The molecule has 13 heavy (non-hydrogen) atoms. The van der Waals surface area contributed by atoms with Gasteiger partial charge in [-0.25, -0.2) is 0 Å². The van der Waals surface area contributed by atoms with Gasteiger partial charge in [-0.05, 0) is 33.5 Å². The van der Waals surface area contributed by atoms with Crippen molar-refractivity contribution in [1.29, 1.82) is 0 Å². The van der Waals surface area contributed by atoms with Gasteiger partial charge in [-0.3, -0.25) is 0 Å². The van der Waals surface area contributed by atoms with Crippen LogP contribution in [0.5, 0.6) is 0 Å². The van der Waals surface area contributed by atoms with Crippen LogP contribution < -0.4 is 0 Å². The SMILES string of the molecule is C=C(C)/C=C(/OCC)O[Si](C)(C)C. The Morgan fingerprint density at radius 1 is 1.38 bits per heavy atom. The second kappa shape index (κ2) is 5.12. The van der Waals surface area contributed by atoms with Crippen LogP contribution in [-0.2, 0) is 9.16 Å². The van der Waals surface area contributed by atoms with E-state index in [0.717, 1.165) is 5.57 Å². The Morgan fingerprint density at radius 2 is 1.92 bits per heavy atom. The summed E-state index contributed by atoms with van der Waals surface area (Å²) in [4.78, 5) is 0. The average Bonchev–Trinajstić information content (AvgIpc) is 1.81. The first kappa shape index (κ1) is 12.3. The Morgan fingerprint density at radius 3 is 2.23 bits per heavy atom. The first-order chi connectivity index (χ1) is 5.85. The maximum absolute atomic E-state index is 5.71. The Balaban J connectivity index is 4.35. The fraction of sp³-hybridized carbons (Fsp3) is 0.600. The van der Waals surface area contributed by atoms with Gasteiger partial charge in [0.1, 0.15) is 0 Å². The minimum absolute atomic E-state index is 0.606. The molecule has 0 amide bonds. The van der Waals surface area contributed by atoms with Crippen LogP contribution in [0.15, 0.2) is 24.2 Å². The maximum atomic E-state index is 5.71. The van der Waals surface area contributed by atoms with E-state index in [9.17, 15) is 0 Å². The van der Waals surface area contributed by atoms with Crippen LogP contribution in [0.2, 0.25) is 19.6 Å². The molecule has 3 heteroatoms. The van der Waals surface area contributed by atoms with E-state index < -0.39 is 8.32 Å². The Hall–Kier alpha value is -0.703. The summed E-state index contributed by atoms with van der Waals surface area (Å²) < 4.78 is 11.0. The molecule has 0 aromatic heterocycles. The summed E-state index contributed by atoms with van der Waals surface area (Å²) in [6.45, 7) is 14.7. The molecule has 76 valence electrons. The largest absolute Gasteiger partial charge is 0.520 e. The van der Waals surface area contributed by atoms with Gasteiger partial charge >= 0.3 is 0 Å². The summed E-state index contributed by atoms with van der Waals surface area (Å²) in [5, 5.41) is 0. The van der Waals surface area contributed by atoms with E-state index in [1.807, 2.05) is 19.9 Å². The lowest BCUT2D eigenvalue weighted by atomic mass is 10.3. The van der Waals surface area contributed by atoms with Crippen LogP contribution in [0.25, 0.3) is 0 Å². The normalized spacial score (nSPS) is 12.5. The third-order valence-corrected chi connectivity index (χ3v) is 1.87. The monoisotopic (exact) mass is 200 g/mol. The lowest BCUT2D eigenvalue weighted by Crippen LogP contribution is -2.25. The van der Waals surface area contributed by atoms with Gasteiger partial charge in [-0.2, -0.15) is 0 Å². The Kier molecular flexibility index (Phi) is 4.84. The van der Waals surface area contributed by atoms with E-state index in [1.54, 1.807) is 0 Å². The molecular weight excluding hydrogens is 180 g/mol. The summed E-state index contributed by atoms with van der Waals surface area (Å²) in [5.74, 6) is 0.606. The van der Waals surface area contributed by atoms with Crippen molar-refractivity contribution < 1.29 is 9.16 Å². The van der Waals surface area contributed by atoms with Gasteiger partial charge in [0.05, 0.1) is 6.61 Å². The molecule has 2 nitrogen and oxygen atoms in total. The van der Waals surface area contributed by atoms with E-state index >= 15 is 0 Å². The van der Waals surface area contributed by atoms with Gasteiger partial charge < -0.3 is 9.16 Å². The highest BCUT2D eigenvalue weighted by molar-refractivity contribution is 6.69. The van der Waals surface area contributed by atoms with Crippen LogP contribution in [0.1, 0.15) is 13.8 Å². The van der Waals surface area contributed by atoms with Gasteiger partial charge in [0, 0.05) is 6.08 Å². The molecule has 0 heterocycles. The maximum Gasteiger partial charge on any atom is 0.265 e. The molecule has 0 aliphatic carbocycles. The van der Waals surface area contributed by atoms with Crippen LogP contribution >= 0.6 is 0 Å². The summed E-state index contributed by atoms with van der Waals surface area (Å²) in [6, 6.07) is 0. The van der Waals surface area contributed by atoms with Crippen molar-refractivity contribution in [2.45, 2.75) is 33.5 Å². The molecule has 0 saturated carbocycles. The number of rotatable bonds is 5. The zero-order valence-corrected chi connectivity index (χ0v) is 10.3. The third kappa shape index (κ3) is 7.65. The highest BCUT2D eigenvalue weighted by Gasteiger charge is 2.18. The minimum Gasteiger partial charge on any atom is -0.520 e. The van der Waals surface area contributed by atoms with Gasteiger partial charge in [0.15, 0.2) is 0 Å². The molecule has 0 aliphatic rings. The van der Waals surface area contributed by atoms with E-state index in [4.69, 9.17) is 9.16 Å². The summed E-state index contributed by atoms with van der Waals surface area (Å²) >= 11 is 0. The van der Waals surface area contributed by atoms with Gasteiger partial charge in [-0.1, -0.05) is 12.2 Å². The molecule has 0 saturated heterocycles. The molecular formula is C10H20O2Si. The van der Waals surface area contributed by atoms with Crippen molar-refractivity contribution in [3.8, 4) is 0 Å². The average molecular weight is 200 g/mol. The molecule has 0 N–H and O–H groups in total. The molecule has 0 rings (SSSR count). The predicted octanol–water partition coefficient (Wildman–Crippen LogP) is 3.29.